The third kappa shape index (κ3) is 3.84. The maximum atomic E-state index is 11.8. The van der Waals surface area contributed by atoms with Crippen LogP contribution in [0.25, 0.3) is 11.3 Å². The van der Waals surface area contributed by atoms with E-state index in [-0.39, 0.29) is 5.91 Å². The lowest BCUT2D eigenvalue weighted by Gasteiger charge is -1.98. The summed E-state index contributed by atoms with van der Waals surface area (Å²) in [5, 5.41) is 4.54. The van der Waals surface area contributed by atoms with E-state index in [1.807, 2.05) is 18.2 Å². The fourth-order valence-corrected chi connectivity index (χ4v) is 2.03. The van der Waals surface area contributed by atoms with E-state index < -0.39 is 0 Å². The quantitative estimate of drug-likeness (QED) is 0.586. The summed E-state index contributed by atoms with van der Waals surface area (Å²) in [5.74, 6) is 0.891. The molecule has 0 spiro atoms. The normalized spacial score (nSPS) is 10.8. The molecule has 3 rings (SSSR count). The van der Waals surface area contributed by atoms with E-state index in [1.54, 1.807) is 36.5 Å². The van der Waals surface area contributed by atoms with Crippen molar-refractivity contribution in [3.63, 3.8) is 0 Å². The average molecular weight is 326 g/mol. The van der Waals surface area contributed by atoms with Gasteiger partial charge >= 0.3 is 0 Å². The molecular weight excluding hydrogens is 314 g/mol. The third-order valence-electron chi connectivity index (χ3n) is 3.04. The topological polar surface area (TPSA) is 67.5 Å². The summed E-state index contributed by atoms with van der Waals surface area (Å²) >= 11 is 5.86. The molecule has 5 nitrogen and oxygen atoms in total. The summed E-state index contributed by atoms with van der Waals surface area (Å²) in [5.41, 5.74) is 3.76. The molecule has 0 radical (unpaired) electrons. The van der Waals surface area contributed by atoms with Crippen LogP contribution in [0.2, 0.25) is 5.02 Å². The number of benzene rings is 1. The van der Waals surface area contributed by atoms with Gasteiger partial charge in [0.1, 0.15) is 11.5 Å². The van der Waals surface area contributed by atoms with E-state index in [4.69, 9.17) is 16.0 Å². The summed E-state index contributed by atoms with van der Waals surface area (Å²) in [6, 6.07) is 14.3. The van der Waals surface area contributed by atoms with Gasteiger partial charge in [-0.25, -0.2) is 5.43 Å². The van der Waals surface area contributed by atoms with E-state index in [9.17, 15) is 4.79 Å². The third-order valence-corrected chi connectivity index (χ3v) is 3.29. The lowest BCUT2D eigenvalue weighted by molar-refractivity contribution is 0.0955. The van der Waals surface area contributed by atoms with Gasteiger partial charge in [0.15, 0.2) is 0 Å². The second-order valence-electron chi connectivity index (χ2n) is 4.65. The number of hydrogen-bond acceptors (Lipinski definition) is 4. The molecule has 1 amide bonds. The number of furan rings is 1. The predicted octanol–water partition coefficient (Wildman–Crippen LogP) is 3.76. The minimum atomic E-state index is -0.334. The number of nitrogens with one attached hydrogen (secondary N) is 1. The van der Waals surface area contributed by atoms with Crippen LogP contribution < -0.4 is 5.43 Å². The Balaban J connectivity index is 1.65. The Labute approximate surface area is 137 Å². The van der Waals surface area contributed by atoms with Crippen LogP contribution >= 0.6 is 11.6 Å². The summed E-state index contributed by atoms with van der Waals surface area (Å²) in [6.45, 7) is 0. The molecule has 2 heterocycles. The molecule has 0 saturated carbocycles. The average Bonchev–Trinajstić information content (AvgIpc) is 3.05. The van der Waals surface area contributed by atoms with Gasteiger partial charge in [-0.1, -0.05) is 11.6 Å². The first-order valence-electron chi connectivity index (χ1n) is 6.81. The second kappa shape index (κ2) is 6.89. The zero-order chi connectivity index (χ0) is 16.1. The highest BCUT2D eigenvalue weighted by Crippen LogP contribution is 2.23. The molecule has 0 aliphatic rings. The number of halogens is 1. The molecule has 0 saturated heterocycles. The number of aromatic nitrogens is 1. The zero-order valence-electron chi connectivity index (χ0n) is 11.9. The van der Waals surface area contributed by atoms with Crippen LogP contribution in [0.15, 0.2) is 70.4 Å². The van der Waals surface area contributed by atoms with E-state index >= 15 is 0 Å². The SMILES string of the molecule is O=C(N/N=C/c1ccc(-c2ccc(Cl)cc2)o1)c1cccnc1. The first-order chi connectivity index (χ1) is 11.2. The highest BCUT2D eigenvalue weighted by Gasteiger charge is 2.05. The number of carbonyl (C=O) groups is 1. The summed E-state index contributed by atoms with van der Waals surface area (Å²) in [4.78, 5) is 15.7. The first-order valence-corrected chi connectivity index (χ1v) is 7.19. The molecule has 23 heavy (non-hydrogen) atoms. The van der Waals surface area contributed by atoms with Crippen LogP contribution in [0.5, 0.6) is 0 Å². The highest BCUT2D eigenvalue weighted by molar-refractivity contribution is 6.30. The molecule has 3 aromatic rings. The number of carbonyl (C=O) groups excluding carboxylic acids is 1. The largest absolute Gasteiger partial charge is 0.455 e. The van der Waals surface area contributed by atoms with Crippen LogP contribution in [-0.4, -0.2) is 17.1 Å². The molecule has 1 aromatic carbocycles. The van der Waals surface area contributed by atoms with Gasteiger partial charge in [0.05, 0.1) is 11.8 Å². The Hall–Kier alpha value is -2.92. The van der Waals surface area contributed by atoms with Crippen molar-refractivity contribution in [1.29, 1.82) is 0 Å². The Morgan fingerprint density at radius 2 is 2.00 bits per heavy atom. The molecule has 0 aliphatic carbocycles. The van der Waals surface area contributed by atoms with Crippen LogP contribution in [0.1, 0.15) is 16.1 Å². The Morgan fingerprint density at radius 3 is 2.74 bits per heavy atom. The van der Waals surface area contributed by atoms with Gasteiger partial charge in [-0.05, 0) is 48.5 Å². The molecule has 0 fully saturated rings. The van der Waals surface area contributed by atoms with Crippen molar-refractivity contribution in [2.75, 3.05) is 0 Å². The zero-order valence-corrected chi connectivity index (χ0v) is 12.7. The lowest BCUT2D eigenvalue weighted by Crippen LogP contribution is -2.17. The number of hydrazone groups is 1. The Morgan fingerprint density at radius 1 is 1.17 bits per heavy atom. The number of pyridine rings is 1. The van der Waals surface area contributed by atoms with E-state index in [0.29, 0.717) is 22.1 Å². The van der Waals surface area contributed by atoms with E-state index in [2.05, 4.69) is 15.5 Å². The molecule has 1 N–H and O–H groups in total. The van der Waals surface area contributed by atoms with Gasteiger partial charge in [0.25, 0.3) is 5.91 Å². The maximum Gasteiger partial charge on any atom is 0.272 e. The predicted molar refractivity (Wildman–Crippen MR) is 88.5 cm³/mol. The van der Waals surface area contributed by atoms with Crippen molar-refractivity contribution in [3.05, 3.63) is 77.3 Å². The van der Waals surface area contributed by atoms with Crippen molar-refractivity contribution in [2.45, 2.75) is 0 Å². The Bertz CT molecular complexity index is 827. The molecule has 114 valence electrons. The van der Waals surface area contributed by atoms with Crippen LogP contribution in [0.3, 0.4) is 0 Å². The van der Waals surface area contributed by atoms with Crippen molar-refractivity contribution in [1.82, 2.24) is 10.4 Å². The second-order valence-corrected chi connectivity index (χ2v) is 5.09. The summed E-state index contributed by atoms with van der Waals surface area (Å²) in [6.07, 6.45) is 4.51. The van der Waals surface area contributed by atoms with Gasteiger partial charge in [-0.15, -0.1) is 0 Å². The van der Waals surface area contributed by atoms with Gasteiger partial charge in [0, 0.05) is 23.0 Å². The fraction of sp³-hybridized carbons (Fsp3) is 0. The van der Waals surface area contributed by atoms with Gasteiger partial charge in [0.2, 0.25) is 0 Å². The van der Waals surface area contributed by atoms with E-state index in [0.717, 1.165) is 5.56 Å². The summed E-state index contributed by atoms with van der Waals surface area (Å²) in [7, 11) is 0. The molecule has 0 bridgehead atoms. The molecule has 0 aliphatic heterocycles. The first kappa shape index (κ1) is 15.0. The Kier molecular flexibility index (Phi) is 4.49. The van der Waals surface area contributed by atoms with Crippen molar-refractivity contribution >= 4 is 23.7 Å². The molecular formula is C17H12ClN3O2. The standard InChI is InChI=1S/C17H12ClN3O2/c18-14-5-3-12(4-6-14)16-8-7-15(23-16)11-20-21-17(22)13-2-1-9-19-10-13/h1-11H,(H,21,22)/b20-11+. The number of amides is 1. The molecule has 0 atom stereocenters. The van der Waals surface area contributed by atoms with Gasteiger partial charge in [-0.3, -0.25) is 9.78 Å². The van der Waals surface area contributed by atoms with E-state index in [1.165, 1.54) is 12.4 Å². The van der Waals surface area contributed by atoms with Crippen molar-refractivity contribution in [2.24, 2.45) is 5.10 Å². The monoisotopic (exact) mass is 325 g/mol. The van der Waals surface area contributed by atoms with Crippen LogP contribution in [-0.2, 0) is 0 Å². The van der Waals surface area contributed by atoms with Crippen LogP contribution in [0, 0.1) is 0 Å². The smallest absolute Gasteiger partial charge is 0.272 e. The van der Waals surface area contributed by atoms with Crippen molar-refractivity contribution in [3.8, 4) is 11.3 Å². The maximum absolute atomic E-state index is 11.8. The molecule has 0 unspecified atom stereocenters. The number of rotatable bonds is 4. The number of hydrogen-bond donors (Lipinski definition) is 1. The molecule has 2 aromatic heterocycles. The van der Waals surface area contributed by atoms with Gasteiger partial charge in [-0.2, -0.15) is 5.10 Å². The summed E-state index contributed by atoms with van der Waals surface area (Å²) < 4.78 is 5.64. The highest BCUT2D eigenvalue weighted by atomic mass is 35.5. The fourth-order valence-electron chi connectivity index (χ4n) is 1.91. The van der Waals surface area contributed by atoms with Crippen LogP contribution in [0.4, 0.5) is 0 Å². The lowest BCUT2D eigenvalue weighted by atomic mass is 10.2. The van der Waals surface area contributed by atoms with Gasteiger partial charge < -0.3 is 4.42 Å². The van der Waals surface area contributed by atoms with Crippen molar-refractivity contribution < 1.29 is 9.21 Å². The number of nitrogens with zero attached hydrogens (tertiary/aromatic N) is 2. The minimum absolute atomic E-state index is 0.334. The minimum Gasteiger partial charge on any atom is -0.455 e. The molecule has 6 heteroatoms.